The van der Waals surface area contributed by atoms with Crippen LogP contribution in [0.25, 0.3) is 0 Å². The van der Waals surface area contributed by atoms with E-state index in [4.69, 9.17) is 0 Å². The number of fused-ring (bicyclic) bond motifs is 1. The summed E-state index contributed by atoms with van der Waals surface area (Å²) < 4.78 is 0. The number of halogens is 1. The molecular weight excluding hydrogens is 266 g/mol. The van der Waals surface area contributed by atoms with Gasteiger partial charge >= 0.3 is 0 Å². The lowest BCUT2D eigenvalue weighted by molar-refractivity contribution is -0.126. The van der Waals surface area contributed by atoms with Crippen molar-refractivity contribution in [3.63, 3.8) is 0 Å². The van der Waals surface area contributed by atoms with Crippen molar-refractivity contribution in [3.05, 3.63) is 0 Å². The number of rotatable bonds is 2. The molecule has 0 aromatic carbocycles. The number of hydrogen-bond acceptors (Lipinski definition) is 1. The largest absolute Gasteiger partial charge is 0.352 e. The summed E-state index contributed by atoms with van der Waals surface area (Å²) >= 11 is 3.70. The van der Waals surface area contributed by atoms with Crippen molar-refractivity contribution in [3.8, 4) is 0 Å². The second kappa shape index (κ2) is 4.32. The number of carbonyl (C=O) groups excluding carboxylic acids is 1. The third-order valence-corrected chi connectivity index (χ3v) is 5.72. The van der Waals surface area contributed by atoms with Gasteiger partial charge in [-0.15, -0.1) is 0 Å². The molecule has 0 heterocycles. The molecule has 3 heteroatoms. The van der Waals surface area contributed by atoms with E-state index in [9.17, 15) is 4.79 Å². The van der Waals surface area contributed by atoms with Gasteiger partial charge in [-0.3, -0.25) is 4.79 Å². The lowest BCUT2D eigenvalue weighted by Crippen LogP contribution is -2.44. The maximum Gasteiger partial charge on any atom is 0.223 e. The molecule has 0 aromatic rings. The molecule has 90 valence electrons. The number of carbonyl (C=O) groups is 1. The highest BCUT2D eigenvalue weighted by atomic mass is 79.9. The molecule has 4 unspecified atom stereocenters. The van der Waals surface area contributed by atoms with E-state index in [0.29, 0.717) is 22.7 Å². The minimum absolute atomic E-state index is 0.337. The molecule has 3 aliphatic rings. The number of hydrogen-bond donors (Lipinski definition) is 1. The lowest BCUT2D eigenvalue weighted by Gasteiger charge is -2.29. The quantitative estimate of drug-likeness (QED) is 0.777. The predicted octanol–water partition coefficient (Wildman–Crippen LogP) is 2.85. The molecule has 16 heavy (non-hydrogen) atoms. The van der Waals surface area contributed by atoms with Crippen LogP contribution in [0.1, 0.15) is 44.9 Å². The van der Waals surface area contributed by atoms with Gasteiger partial charge in [0.2, 0.25) is 5.91 Å². The Morgan fingerprint density at radius 3 is 2.44 bits per heavy atom. The van der Waals surface area contributed by atoms with Crippen LogP contribution in [0.5, 0.6) is 0 Å². The first-order valence-corrected chi connectivity index (χ1v) is 7.60. The Kier molecular flexibility index (Phi) is 2.99. The van der Waals surface area contributed by atoms with Gasteiger partial charge < -0.3 is 5.32 Å². The van der Waals surface area contributed by atoms with E-state index in [1.807, 2.05) is 0 Å². The molecular formula is C13H20BrNO. The Bertz CT molecular complexity index is 284. The Morgan fingerprint density at radius 1 is 1.06 bits per heavy atom. The zero-order valence-electron chi connectivity index (χ0n) is 9.62. The standard InChI is InChI=1S/C13H20BrNO/c14-11-3-1-2-4-12(11)15-13(16)10-6-8-5-9(8)7-10/h8-12H,1-7H2,(H,15,16). The minimum Gasteiger partial charge on any atom is -0.352 e. The van der Waals surface area contributed by atoms with Crippen molar-refractivity contribution in [1.82, 2.24) is 5.32 Å². The van der Waals surface area contributed by atoms with Crippen LogP contribution in [-0.4, -0.2) is 16.8 Å². The van der Waals surface area contributed by atoms with Crippen LogP contribution >= 0.6 is 15.9 Å². The molecule has 3 rings (SSSR count). The highest BCUT2D eigenvalue weighted by Gasteiger charge is 2.48. The molecule has 3 aliphatic carbocycles. The van der Waals surface area contributed by atoms with E-state index < -0.39 is 0 Å². The molecule has 1 amide bonds. The normalized spacial score (nSPS) is 46.2. The van der Waals surface area contributed by atoms with Gasteiger partial charge in [-0.25, -0.2) is 0 Å². The predicted molar refractivity (Wildman–Crippen MR) is 67.4 cm³/mol. The highest BCUT2D eigenvalue weighted by Crippen LogP contribution is 2.54. The van der Waals surface area contributed by atoms with E-state index in [1.165, 1.54) is 25.7 Å². The van der Waals surface area contributed by atoms with Gasteiger partial charge in [0.15, 0.2) is 0 Å². The zero-order chi connectivity index (χ0) is 11.1. The van der Waals surface area contributed by atoms with E-state index in [-0.39, 0.29) is 0 Å². The molecule has 0 aliphatic heterocycles. The molecule has 4 atom stereocenters. The Balaban J connectivity index is 1.51. The zero-order valence-corrected chi connectivity index (χ0v) is 11.2. The van der Waals surface area contributed by atoms with Crippen molar-refractivity contribution in [2.75, 3.05) is 0 Å². The van der Waals surface area contributed by atoms with Gasteiger partial charge in [0.1, 0.15) is 0 Å². The minimum atomic E-state index is 0.337. The first-order chi connectivity index (χ1) is 7.74. The number of alkyl halides is 1. The van der Waals surface area contributed by atoms with Crippen LogP contribution < -0.4 is 5.32 Å². The highest BCUT2D eigenvalue weighted by molar-refractivity contribution is 9.09. The molecule has 2 nitrogen and oxygen atoms in total. The summed E-state index contributed by atoms with van der Waals surface area (Å²) in [6.45, 7) is 0. The van der Waals surface area contributed by atoms with Crippen molar-refractivity contribution in [2.24, 2.45) is 17.8 Å². The summed E-state index contributed by atoms with van der Waals surface area (Å²) in [4.78, 5) is 12.6. The fourth-order valence-electron chi connectivity index (χ4n) is 3.48. The van der Waals surface area contributed by atoms with Crippen molar-refractivity contribution in [2.45, 2.75) is 55.8 Å². The maximum atomic E-state index is 12.1. The summed E-state index contributed by atoms with van der Waals surface area (Å²) in [7, 11) is 0. The smallest absolute Gasteiger partial charge is 0.223 e. The van der Waals surface area contributed by atoms with Crippen LogP contribution in [0.3, 0.4) is 0 Å². The van der Waals surface area contributed by atoms with E-state index >= 15 is 0 Å². The van der Waals surface area contributed by atoms with Gasteiger partial charge in [0.25, 0.3) is 0 Å². The first kappa shape index (κ1) is 11.1. The molecule has 0 aromatic heterocycles. The third kappa shape index (κ3) is 2.15. The van der Waals surface area contributed by atoms with Crippen LogP contribution in [0.15, 0.2) is 0 Å². The number of amides is 1. The lowest BCUT2D eigenvalue weighted by atomic mass is 9.94. The molecule has 0 spiro atoms. The Hall–Kier alpha value is -0.0500. The Labute approximate surface area is 106 Å². The monoisotopic (exact) mass is 285 g/mol. The molecule has 3 saturated carbocycles. The first-order valence-electron chi connectivity index (χ1n) is 6.68. The van der Waals surface area contributed by atoms with Gasteiger partial charge in [0, 0.05) is 16.8 Å². The average Bonchev–Trinajstić information content (AvgIpc) is 2.89. The second-order valence-corrected chi connectivity index (χ2v) is 7.02. The van der Waals surface area contributed by atoms with E-state index in [0.717, 1.165) is 31.1 Å². The molecule has 0 bridgehead atoms. The summed E-state index contributed by atoms with van der Waals surface area (Å²) in [6, 6.07) is 0.387. The van der Waals surface area contributed by atoms with Crippen LogP contribution in [0, 0.1) is 17.8 Å². The maximum absolute atomic E-state index is 12.1. The van der Waals surface area contributed by atoms with Gasteiger partial charge in [-0.05, 0) is 43.9 Å². The van der Waals surface area contributed by atoms with Gasteiger partial charge in [-0.2, -0.15) is 0 Å². The van der Waals surface area contributed by atoms with E-state index in [1.54, 1.807) is 0 Å². The fraction of sp³-hybridized carbons (Fsp3) is 0.923. The van der Waals surface area contributed by atoms with Crippen molar-refractivity contribution < 1.29 is 4.79 Å². The summed E-state index contributed by atoms with van der Waals surface area (Å²) in [5, 5.41) is 3.27. The molecule has 0 radical (unpaired) electrons. The van der Waals surface area contributed by atoms with Gasteiger partial charge in [-0.1, -0.05) is 28.8 Å². The SMILES string of the molecule is O=C(NC1CCCCC1Br)C1CC2CC2C1. The van der Waals surface area contributed by atoms with Crippen molar-refractivity contribution in [1.29, 1.82) is 0 Å². The van der Waals surface area contributed by atoms with Crippen LogP contribution in [-0.2, 0) is 4.79 Å². The molecule has 0 saturated heterocycles. The van der Waals surface area contributed by atoms with Crippen LogP contribution in [0.2, 0.25) is 0 Å². The second-order valence-electron chi connectivity index (χ2n) is 5.84. The summed E-state index contributed by atoms with van der Waals surface area (Å²) in [5.74, 6) is 2.48. The average molecular weight is 286 g/mol. The fourth-order valence-corrected chi connectivity index (χ4v) is 4.20. The van der Waals surface area contributed by atoms with E-state index in [2.05, 4.69) is 21.2 Å². The topological polar surface area (TPSA) is 29.1 Å². The Morgan fingerprint density at radius 2 is 1.75 bits per heavy atom. The van der Waals surface area contributed by atoms with Crippen LogP contribution in [0.4, 0.5) is 0 Å². The molecule has 1 N–H and O–H groups in total. The summed E-state index contributed by atoms with van der Waals surface area (Å²) in [5.41, 5.74) is 0. The van der Waals surface area contributed by atoms with Crippen molar-refractivity contribution >= 4 is 21.8 Å². The number of nitrogens with one attached hydrogen (secondary N) is 1. The summed E-state index contributed by atoms with van der Waals surface area (Å²) in [6.07, 6.45) is 8.65. The van der Waals surface area contributed by atoms with Gasteiger partial charge in [0.05, 0.1) is 0 Å². The molecule has 3 fully saturated rings. The third-order valence-electron chi connectivity index (χ3n) is 4.62.